The van der Waals surface area contributed by atoms with E-state index < -0.39 is 0 Å². The summed E-state index contributed by atoms with van der Waals surface area (Å²) < 4.78 is 5.40. The van der Waals surface area contributed by atoms with Crippen LogP contribution in [0.3, 0.4) is 0 Å². The van der Waals surface area contributed by atoms with Gasteiger partial charge in [0.25, 0.3) is 0 Å². The van der Waals surface area contributed by atoms with Crippen LogP contribution in [0, 0.1) is 0 Å². The van der Waals surface area contributed by atoms with Gasteiger partial charge in [0, 0.05) is 25.0 Å². The summed E-state index contributed by atoms with van der Waals surface area (Å²) in [5, 5.41) is 2.25. The van der Waals surface area contributed by atoms with E-state index in [1.165, 1.54) is 36.4 Å². The maximum atomic E-state index is 6.16. The Kier molecular flexibility index (Phi) is 3.34. The van der Waals surface area contributed by atoms with E-state index in [0.717, 1.165) is 31.1 Å². The minimum absolute atomic E-state index is 0.537. The van der Waals surface area contributed by atoms with Gasteiger partial charge in [-0.25, -0.2) is 4.98 Å². The molecule has 0 bridgehead atoms. The molecule has 3 nitrogen and oxygen atoms in total. The lowest BCUT2D eigenvalue weighted by Gasteiger charge is -2.20. The van der Waals surface area contributed by atoms with Gasteiger partial charge in [-0.1, -0.05) is 12.8 Å². The normalized spacial score (nSPS) is 23.3. The van der Waals surface area contributed by atoms with Crippen molar-refractivity contribution in [3.63, 3.8) is 0 Å². The molecular formula is C13H20N2OS. The maximum absolute atomic E-state index is 6.16. The Hall–Kier alpha value is -0.610. The van der Waals surface area contributed by atoms with Gasteiger partial charge >= 0.3 is 0 Å². The van der Waals surface area contributed by atoms with Crippen molar-refractivity contribution in [2.75, 3.05) is 18.9 Å². The molecule has 0 spiro atoms. The first kappa shape index (κ1) is 11.5. The van der Waals surface area contributed by atoms with Gasteiger partial charge < -0.3 is 10.5 Å². The van der Waals surface area contributed by atoms with E-state index in [9.17, 15) is 0 Å². The number of nitrogens with two attached hydrogens (primary N) is 1. The summed E-state index contributed by atoms with van der Waals surface area (Å²) in [6.07, 6.45) is 7.49. The molecule has 17 heavy (non-hydrogen) atoms. The van der Waals surface area contributed by atoms with Crippen LogP contribution in [0.5, 0.6) is 0 Å². The molecule has 0 atom stereocenters. The van der Waals surface area contributed by atoms with Crippen molar-refractivity contribution in [3.8, 4) is 0 Å². The molecule has 1 saturated heterocycles. The van der Waals surface area contributed by atoms with Crippen molar-refractivity contribution >= 4 is 16.3 Å². The third-order valence-electron chi connectivity index (χ3n) is 4.01. The molecule has 2 aliphatic rings. The van der Waals surface area contributed by atoms with Crippen LogP contribution in [0.1, 0.15) is 61.1 Å². The summed E-state index contributed by atoms with van der Waals surface area (Å²) in [6, 6.07) is 0. The zero-order valence-corrected chi connectivity index (χ0v) is 11.0. The molecule has 1 aliphatic heterocycles. The van der Waals surface area contributed by atoms with Crippen molar-refractivity contribution in [1.82, 2.24) is 4.98 Å². The van der Waals surface area contributed by atoms with E-state index in [1.807, 2.05) is 0 Å². The number of rotatable bonds is 2. The van der Waals surface area contributed by atoms with E-state index in [2.05, 4.69) is 0 Å². The molecule has 2 heterocycles. The zero-order chi connectivity index (χ0) is 11.7. The second kappa shape index (κ2) is 4.94. The summed E-state index contributed by atoms with van der Waals surface area (Å²) >= 11 is 1.73. The topological polar surface area (TPSA) is 48.1 Å². The number of thiazole rings is 1. The van der Waals surface area contributed by atoms with Crippen LogP contribution in [0.2, 0.25) is 0 Å². The molecule has 0 aromatic carbocycles. The summed E-state index contributed by atoms with van der Waals surface area (Å²) in [5.74, 6) is 1.23. The number of ether oxygens (including phenoxy) is 1. The van der Waals surface area contributed by atoms with Gasteiger partial charge in [0.2, 0.25) is 0 Å². The predicted octanol–water partition coefficient (Wildman–Crippen LogP) is 3.28. The van der Waals surface area contributed by atoms with Gasteiger partial charge in [-0.05, 0) is 25.7 Å². The molecule has 3 rings (SSSR count). The molecule has 1 aromatic heterocycles. The summed E-state index contributed by atoms with van der Waals surface area (Å²) in [6.45, 7) is 1.72. The van der Waals surface area contributed by atoms with E-state index >= 15 is 0 Å². The second-order valence-corrected chi connectivity index (χ2v) is 6.23. The highest BCUT2D eigenvalue weighted by molar-refractivity contribution is 7.15. The standard InChI is InChI=1S/C13H20N2OS/c14-12-11(9-5-7-16-8-6-9)15-13(17-12)10-3-1-2-4-10/h9-10H,1-8,14H2. The fourth-order valence-corrected chi connectivity index (χ4v) is 4.06. The first-order valence-corrected chi connectivity index (χ1v) is 7.50. The number of hydrogen-bond donors (Lipinski definition) is 1. The maximum Gasteiger partial charge on any atom is 0.110 e. The van der Waals surface area contributed by atoms with Crippen LogP contribution < -0.4 is 5.73 Å². The van der Waals surface area contributed by atoms with E-state index in [4.69, 9.17) is 15.5 Å². The number of nitrogen functional groups attached to an aromatic ring is 1. The van der Waals surface area contributed by atoms with Gasteiger partial charge in [0.05, 0.1) is 10.7 Å². The van der Waals surface area contributed by atoms with Crippen molar-refractivity contribution in [1.29, 1.82) is 0 Å². The van der Waals surface area contributed by atoms with Gasteiger partial charge in [-0.3, -0.25) is 0 Å². The average Bonchev–Trinajstić information content (AvgIpc) is 2.99. The van der Waals surface area contributed by atoms with Crippen LogP contribution in [-0.2, 0) is 4.74 Å². The fourth-order valence-electron chi connectivity index (χ4n) is 2.97. The van der Waals surface area contributed by atoms with E-state index in [-0.39, 0.29) is 0 Å². The molecule has 2 fully saturated rings. The Labute approximate surface area is 106 Å². The third kappa shape index (κ3) is 2.33. The molecule has 1 saturated carbocycles. The number of anilines is 1. The monoisotopic (exact) mass is 252 g/mol. The Balaban J connectivity index is 1.79. The number of nitrogens with zero attached hydrogens (tertiary/aromatic N) is 1. The lowest BCUT2D eigenvalue weighted by Crippen LogP contribution is -2.15. The van der Waals surface area contributed by atoms with Gasteiger partial charge in [-0.15, -0.1) is 11.3 Å². The van der Waals surface area contributed by atoms with Gasteiger partial charge in [-0.2, -0.15) is 0 Å². The molecule has 4 heteroatoms. The first-order chi connectivity index (χ1) is 8.34. The van der Waals surface area contributed by atoms with Crippen molar-refractivity contribution in [2.45, 2.75) is 50.4 Å². The first-order valence-electron chi connectivity index (χ1n) is 6.68. The van der Waals surface area contributed by atoms with E-state index in [0.29, 0.717) is 11.8 Å². The SMILES string of the molecule is Nc1sc(C2CCCC2)nc1C1CCOCC1. The molecular weight excluding hydrogens is 232 g/mol. The smallest absolute Gasteiger partial charge is 0.110 e. The van der Waals surface area contributed by atoms with Crippen LogP contribution >= 0.6 is 11.3 Å². The Bertz CT molecular complexity index is 379. The van der Waals surface area contributed by atoms with E-state index in [1.54, 1.807) is 11.3 Å². The molecule has 1 aromatic rings. The summed E-state index contributed by atoms with van der Waals surface area (Å²) in [7, 11) is 0. The molecule has 0 unspecified atom stereocenters. The van der Waals surface area contributed by atoms with Crippen molar-refractivity contribution in [2.24, 2.45) is 0 Å². The molecule has 0 amide bonds. The Morgan fingerprint density at radius 1 is 1.06 bits per heavy atom. The molecule has 94 valence electrons. The van der Waals surface area contributed by atoms with Crippen LogP contribution in [0.15, 0.2) is 0 Å². The molecule has 0 radical (unpaired) electrons. The highest BCUT2D eigenvalue weighted by Crippen LogP contribution is 2.41. The van der Waals surface area contributed by atoms with Gasteiger partial charge in [0.1, 0.15) is 5.00 Å². The number of aromatic nitrogens is 1. The quantitative estimate of drug-likeness (QED) is 0.878. The zero-order valence-electron chi connectivity index (χ0n) is 10.2. The molecule has 1 aliphatic carbocycles. The van der Waals surface area contributed by atoms with Crippen LogP contribution in [0.4, 0.5) is 5.00 Å². The van der Waals surface area contributed by atoms with Gasteiger partial charge in [0.15, 0.2) is 0 Å². The third-order valence-corrected chi connectivity index (χ3v) is 5.07. The highest BCUT2D eigenvalue weighted by Gasteiger charge is 2.26. The molecule has 2 N–H and O–H groups in total. The van der Waals surface area contributed by atoms with Crippen molar-refractivity contribution < 1.29 is 4.74 Å². The fraction of sp³-hybridized carbons (Fsp3) is 0.769. The largest absolute Gasteiger partial charge is 0.389 e. The van der Waals surface area contributed by atoms with Crippen LogP contribution in [0.25, 0.3) is 0 Å². The lowest BCUT2D eigenvalue weighted by molar-refractivity contribution is 0.0847. The lowest BCUT2D eigenvalue weighted by atomic mass is 9.97. The highest BCUT2D eigenvalue weighted by atomic mass is 32.1. The Morgan fingerprint density at radius 3 is 2.47 bits per heavy atom. The summed E-state index contributed by atoms with van der Waals surface area (Å²) in [4.78, 5) is 4.85. The Morgan fingerprint density at radius 2 is 1.76 bits per heavy atom. The minimum atomic E-state index is 0.537. The second-order valence-electron chi connectivity index (χ2n) is 5.17. The van der Waals surface area contributed by atoms with Crippen molar-refractivity contribution in [3.05, 3.63) is 10.7 Å². The summed E-state index contributed by atoms with van der Waals surface area (Å²) in [5.41, 5.74) is 7.32. The average molecular weight is 252 g/mol. The minimum Gasteiger partial charge on any atom is -0.389 e. The number of hydrogen-bond acceptors (Lipinski definition) is 4. The van der Waals surface area contributed by atoms with Crippen LogP contribution in [-0.4, -0.2) is 18.2 Å². The predicted molar refractivity (Wildman–Crippen MR) is 70.5 cm³/mol.